The van der Waals surface area contributed by atoms with Gasteiger partial charge in [0.15, 0.2) is 25.7 Å². The van der Waals surface area contributed by atoms with Gasteiger partial charge in [-0.15, -0.1) is 0 Å². The number of ketones is 1. The molecule has 4 aromatic heterocycles. The van der Waals surface area contributed by atoms with Gasteiger partial charge < -0.3 is 71.2 Å². The largest absolute Gasteiger partial charge is 0.444 e. The highest BCUT2D eigenvalue weighted by molar-refractivity contribution is 6.69. The first kappa shape index (κ1) is 90.8. The number of Topliss-reactive ketones (excluding diaryl/α,β-unsaturated/α-hetero) is 1. The maximum absolute atomic E-state index is 12.7. The number of benzene rings is 1. The molecule has 11 N–H and O–H groups in total. The third kappa shape index (κ3) is 32.4. The highest BCUT2D eigenvalue weighted by atomic mass is 28.4. The molecular formula is C90H145N19O9Si. The minimum Gasteiger partial charge on any atom is -0.444 e. The summed E-state index contributed by atoms with van der Waals surface area (Å²) in [5.74, 6) is 7.85. The van der Waals surface area contributed by atoms with E-state index in [9.17, 15) is 19.2 Å². The second kappa shape index (κ2) is 43.6. The van der Waals surface area contributed by atoms with Crippen LogP contribution in [0.4, 0.5) is 44.8 Å². The fourth-order valence-corrected chi connectivity index (χ4v) is 19.3. The number of carbonyl (C=O) groups excluding carboxylic acids is 4. The second-order valence-electron chi connectivity index (χ2n) is 38.7. The molecule has 29 heteroatoms. The van der Waals surface area contributed by atoms with E-state index >= 15 is 0 Å². The highest BCUT2D eigenvalue weighted by Gasteiger charge is 2.48. The molecule has 17 rings (SSSR count). The third-order valence-electron chi connectivity index (χ3n) is 24.5. The maximum atomic E-state index is 12.7. The summed E-state index contributed by atoms with van der Waals surface area (Å²) >= 11 is 0. The Kier molecular flexibility index (Phi) is 33.3. The standard InChI is InChI=1S/C28H41N7O.C26H32N6O2.C12H22N2O2.C9H18N2O2.C8H18O2Si.C7H14N2/c36-24(16-20-12-14-35(18-20)23-9-10-23)15-19-5-7-22(8-6-19)30-28-29-13-11-26(32-28)31-27-17-25(33-34-27)21-3-1-2-4-21;33-25(34-21-8-2-1-3-9-21)16-18-10-12-20(13-11-18)28-26-27-15-14-23(30-26)29-24-17-22(31-32-24)19-6-4-5-7-19;1-12(2,3)16-11(15)13-9-6-7-14(8-9)10-4-5-10;1-9(2,3)13-8(12)11-7-4-5-10-6-7;1-5-9-8(6-7-8)10-11(2,3)4;8-6-3-4-9(5-6)7-1-2-7/h11,13,17,19-23H,1-10,12,14-16,18H2,(H3,29,30,31,32,33,34);1-3,8-9,14-15,17-20H,4-7,10-13,16H2,(H3,27,28,29,30,31,32);9-10H,4-8H2,1-3H3,(H,13,15);7,10H,4-6H2,1-3H3,(H,11,12);5-7H2,1-4H3;6-7H,1-5,8H2. The molecule has 28 nitrogen and oxygen atoms in total. The number of hydrogen-bond donors (Lipinski definition) is 10. The van der Waals surface area contributed by atoms with Crippen molar-refractivity contribution >= 4 is 67.4 Å². The van der Waals surface area contributed by atoms with E-state index in [0.717, 1.165) is 177 Å². The van der Waals surface area contributed by atoms with Crippen LogP contribution in [0.25, 0.3) is 0 Å². The van der Waals surface area contributed by atoms with Crippen LogP contribution in [0.5, 0.6) is 5.75 Å². The summed E-state index contributed by atoms with van der Waals surface area (Å²) in [7, 11) is -1.39. The van der Waals surface area contributed by atoms with Gasteiger partial charge in [-0.25, -0.2) is 19.6 Å². The zero-order chi connectivity index (χ0) is 83.9. The number of para-hydroxylation sites is 1. The fourth-order valence-electron chi connectivity index (χ4n) is 18.0. The van der Waals surface area contributed by atoms with E-state index in [-0.39, 0.29) is 36.0 Å². The number of anilines is 6. The molecule has 119 heavy (non-hydrogen) atoms. The first-order chi connectivity index (χ1) is 57.1. The van der Waals surface area contributed by atoms with E-state index in [1.807, 2.05) is 90.9 Å². The molecule has 4 unspecified atom stereocenters. The van der Waals surface area contributed by atoms with Crippen molar-refractivity contribution in [2.75, 3.05) is 80.2 Å². The quantitative estimate of drug-likeness (QED) is 0.0106. The Labute approximate surface area is 709 Å². The molecule has 2 amide bonds. The predicted molar refractivity (Wildman–Crippen MR) is 471 cm³/mol. The lowest BCUT2D eigenvalue weighted by atomic mass is 9.82. The van der Waals surface area contributed by atoms with Crippen molar-refractivity contribution in [3.8, 4) is 5.75 Å². The Morgan fingerprint density at radius 3 is 1.47 bits per heavy atom. The summed E-state index contributed by atoms with van der Waals surface area (Å²) < 4.78 is 27.2. The van der Waals surface area contributed by atoms with Crippen LogP contribution in [0.3, 0.4) is 0 Å². The fraction of sp³-hybridized carbons (Fsp3) is 0.733. The molecular weight excluding hydrogens is 1520 g/mol. The van der Waals surface area contributed by atoms with Crippen molar-refractivity contribution in [2.24, 2.45) is 23.5 Å². The lowest BCUT2D eigenvalue weighted by molar-refractivity contribution is -0.135. The van der Waals surface area contributed by atoms with E-state index < -0.39 is 19.5 Å². The van der Waals surface area contributed by atoms with Gasteiger partial charge in [0.1, 0.15) is 34.4 Å². The van der Waals surface area contributed by atoms with Crippen molar-refractivity contribution < 1.29 is 42.6 Å². The Bertz CT molecular complexity index is 3900. The summed E-state index contributed by atoms with van der Waals surface area (Å²) in [5, 5.41) is 37.7. The van der Waals surface area contributed by atoms with Crippen LogP contribution in [0.15, 0.2) is 67.0 Å². The number of carbonyl (C=O) groups is 4. The molecule has 12 fully saturated rings. The molecule has 658 valence electrons. The summed E-state index contributed by atoms with van der Waals surface area (Å²) in [5.41, 5.74) is 7.37. The van der Waals surface area contributed by atoms with Crippen molar-refractivity contribution in [1.82, 2.24) is 71.0 Å². The molecule has 0 radical (unpaired) electrons. The van der Waals surface area contributed by atoms with E-state index in [1.165, 1.54) is 127 Å². The first-order valence-electron chi connectivity index (χ1n) is 45.8. The van der Waals surface area contributed by atoms with Gasteiger partial charge >= 0.3 is 18.2 Å². The van der Waals surface area contributed by atoms with Crippen LogP contribution in [-0.2, 0) is 28.2 Å². The molecule has 1 aromatic carbocycles. The smallest absolute Gasteiger partial charge is 0.407 e. The minimum absolute atomic E-state index is 0.154. The van der Waals surface area contributed by atoms with Gasteiger partial charge in [0.05, 0.1) is 0 Å². The van der Waals surface area contributed by atoms with Gasteiger partial charge in [-0.3, -0.25) is 29.6 Å². The Morgan fingerprint density at radius 1 is 0.529 bits per heavy atom. The normalized spacial score (nSPS) is 25.2. The van der Waals surface area contributed by atoms with Crippen molar-refractivity contribution in [1.29, 1.82) is 0 Å². The number of esters is 1. The molecule has 0 bridgehead atoms. The molecule has 12 aliphatic rings. The maximum Gasteiger partial charge on any atom is 0.407 e. The number of H-pyrrole nitrogens is 2. The summed E-state index contributed by atoms with van der Waals surface area (Å²) in [4.78, 5) is 73.5. The zero-order valence-electron chi connectivity index (χ0n) is 73.4. The number of nitrogens with two attached hydrogens (primary N) is 1. The number of amides is 2. The van der Waals surface area contributed by atoms with Crippen LogP contribution in [0.1, 0.15) is 271 Å². The van der Waals surface area contributed by atoms with Gasteiger partial charge in [-0.05, 0) is 264 Å². The molecule has 5 aromatic rings. The number of aromatic nitrogens is 8. The van der Waals surface area contributed by atoms with E-state index in [0.29, 0.717) is 77.6 Å². The third-order valence-corrected chi connectivity index (χ3v) is 25.5. The Morgan fingerprint density at radius 2 is 1.01 bits per heavy atom. The van der Waals surface area contributed by atoms with Gasteiger partial charge in [0.2, 0.25) is 11.9 Å². The lowest BCUT2D eigenvalue weighted by Crippen LogP contribution is -2.40. The van der Waals surface area contributed by atoms with Crippen LogP contribution < -0.4 is 47.7 Å². The van der Waals surface area contributed by atoms with Crippen LogP contribution in [0.2, 0.25) is 19.6 Å². The number of alkyl carbamates (subject to hydrolysis) is 2. The van der Waals surface area contributed by atoms with Crippen molar-refractivity contribution in [3.63, 3.8) is 0 Å². The van der Waals surface area contributed by atoms with Crippen molar-refractivity contribution in [3.05, 3.63) is 78.4 Å². The zero-order valence-corrected chi connectivity index (χ0v) is 74.4. The van der Waals surface area contributed by atoms with Crippen LogP contribution >= 0.6 is 0 Å². The van der Waals surface area contributed by atoms with Gasteiger partial charge in [-0.2, -0.15) is 20.2 Å². The number of nitrogens with one attached hydrogen (secondary N) is 9. The molecule has 8 aliphatic carbocycles. The molecule has 4 aliphatic heterocycles. The van der Waals surface area contributed by atoms with Crippen LogP contribution in [0, 0.1) is 17.8 Å². The van der Waals surface area contributed by atoms with Gasteiger partial charge in [-0.1, -0.05) is 43.9 Å². The number of nitrogens with zero attached hydrogens (tertiary/aromatic N) is 9. The number of aromatic amines is 2. The molecule has 8 saturated carbocycles. The summed E-state index contributed by atoms with van der Waals surface area (Å²) in [6.45, 7) is 29.3. The monoisotopic (exact) mass is 1660 g/mol. The average molecular weight is 1670 g/mol. The first-order valence-corrected chi connectivity index (χ1v) is 49.2. The molecule has 8 heterocycles. The second-order valence-corrected chi connectivity index (χ2v) is 43.2. The number of rotatable bonds is 26. The number of hydrogen-bond acceptors (Lipinski definition) is 24. The topological polar surface area (TPSA) is 343 Å². The predicted octanol–water partition coefficient (Wildman–Crippen LogP) is 16.1. The van der Waals surface area contributed by atoms with Gasteiger partial charge in [0.25, 0.3) is 0 Å². The van der Waals surface area contributed by atoms with E-state index in [4.69, 9.17) is 29.1 Å². The summed E-state index contributed by atoms with van der Waals surface area (Å²) in [6.07, 6.45) is 38.4. The highest BCUT2D eigenvalue weighted by Crippen LogP contribution is 2.43. The summed E-state index contributed by atoms with van der Waals surface area (Å²) in [6, 6.07) is 21.4. The molecule has 4 saturated heterocycles. The minimum atomic E-state index is -1.39. The van der Waals surface area contributed by atoms with Crippen LogP contribution in [-0.4, -0.2) is 212 Å². The average Bonchev–Trinajstić information content (AvgIpc) is 1.64. The molecule has 0 spiro atoms. The Hall–Kier alpha value is -7.38. The Balaban J connectivity index is 0.000000142. The van der Waals surface area contributed by atoms with Gasteiger partial charge in [0, 0.05) is 174 Å². The molecule has 4 atom stereocenters. The number of ether oxygens (including phenoxy) is 4. The SMILES string of the molecule is CC(C)(C)OC(=O)NC1CCN(C2CC2)C1.CC(C)(C)OC(=O)NC1CCNC1.CCOC1(O[Si](C)(C)C)CC1.NC1CCN(C2CC2)C1.O=C(CC1CCC(Nc2nccc(Nc3cc(C4CCCC4)[nH]n3)n2)CC1)CC1CCN(C2CC2)C1.O=C(CC1CCC(Nc2nccc(Nc3cc(C4CCCC4)[nH]n3)n2)CC1)Oc1ccccc1. The number of likely N-dealkylation sites (tertiary alicyclic amines) is 3. The van der Waals surface area contributed by atoms with E-state index in [2.05, 4.69) is 124 Å². The lowest BCUT2D eigenvalue weighted by Gasteiger charge is -2.29. The van der Waals surface area contributed by atoms with E-state index in [1.54, 1.807) is 12.4 Å². The van der Waals surface area contributed by atoms with Crippen molar-refractivity contribution in [2.45, 2.75) is 344 Å².